The topological polar surface area (TPSA) is 30.5 Å². The van der Waals surface area contributed by atoms with E-state index in [4.69, 9.17) is 9.47 Å². The van der Waals surface area contributed by atoms with E-state index in [0.717, 1.165) is 42.2 Å². The second kappa shape index (κ2) is 5.10. The molecule has 1 aromatic rings. The molecule has 4 heteroatoms. The zero-order valence-corrected chi connectivity index (χ0v) is 12.2. The molecule has 98 valence electrons. The van der Waals surface area contributed by atoms with E-state index in [0.29, 0.717) is 6.04 Å². The summed E-state index contributed by atoms with van der Waals surface area (Å²) < 4.78 is 12.7. The molecule has 1 N–H and O–H groups in total. The lowest BCUT2D eigenvalue weighted by atomic mass is 9.99. The Morgan fingerprint density at radius 2 is 2.00 bits per heavy atom. The first-order chi connectivity index (χ1) is 8.77. The number of ether oxygens (including phenoxy) is 2. The predicted octanol–water partition coefficient (Wildman–Crippen LogP) is 3.34. The molecular weight excluding hydrogens is 294 g/mol. The van der Waals surface area contributed by atoms with Crippen LogP contribution in [0.4, 0.5) is 0 Å². The quantitative estimate of drug-likeness (QED) is 0.863. The molecule has 0 saturated carbocycles. The highest BCUT2D eigenvalue weighted by atomic mass is 79.9. The first-order valence-corrected chi connectivity index (χ1v) is 7.38. The van der Waals surface area contributed by atoms with Crippen molar-refractivity contribution in [2.75, 3.05) is 19.8 Å². The standard InChI is InChI=1S/C14H18BrNO2/c1-9-10(12-4-2-5-16-12)8-11(15)14-13(9)17-6-3-7-18-14/h8,12,16H,2-7H2,1H3. The smallest absolute Gasteiger partial charge is 0.175 e. The molecule has 1 atom stereocenters. The summed E-state index contributed by atoms with van der Waals surface area (Å²) in [4.78, 5) is 0. The van der Waals surface area contributed by atoms with Crippen LogP contribution in [-0.2, 0) is 0 Å². The van der Waals surface area contributed by atoms with Crippen LogP contribution in [-0.4, -0.2) is 19.8 Å². The maximum atomic E-state index is 5.88. The van der Waals surface area contributed by atoms with Crippen molar-refractivity contribution >= 4 is 15.9 Å². The van der Waals surface area contributed by atoms with E-state index in [9.17, 15) is 0 Å². The maximum absolute atomic E-state index is 5.88. The normalized spacial score (nSPS) is 22.9. The molecule has 0 aromatic heterocycles. The molecule has 2 aliphatic heterocycles. The lowest BCUT2D eigenvalue weighted by Crippen LogP contribution is -2.14. The third-order valence-corrected chi connectivity index (χ3v) is 4.29. The van der Waals surface area contributed by atoms with Crippen molar-refractivity contribution in [1.29, 1.82) is 0 Å². The average Bonchev–Trinajstić information content (AvgIpc) is 2.77. The van der Waals surface area contributed by atoms with E-state index in [1.807, 2.05) is 0 Å². The van der Waals surface area contributed by atoms with Gasteiger partial charge in [0.2, 0.25) is 0 Å². The maximum Gasteiger partial charge on any atom is 0.175 e. The Bertz CT molecular complexity index is 456. The molecule has 0 bridgehead atoms. The first kappa shape index (κ1) is 12.3. The Kier molecular flexibility index (Phi) is 3.48. The molecular formula is C14H18BrNO2. The van der Waals surface area contributed by atoms with Crippen LogP contribution in [0, 0.1) is 6.92 Å². The average molecular weight is 312 g/mol. The molecule has 0 amide bonds. The third kappa shape index (κ3) is 2.12. The van der Waals surface area contributed by atoms with Gasteiger partial charge in [-0.25, -0.2) is 0 Å². The Hall–Kier alpha value is -0.740. The Morgan fingerprint density at radius 3 is 2.72 bits per heavy atom. The van der Waals surface area contributed by atoms with E-state index >= 15 is 0 Å². The molecule has 0 radical (unpaired) electrons. The molecule has 2 heterocycles. The number of hydrogen-bond donors (Lipinski definition) is 1. The number of nitrogens with one attached hydrogen (secondary N) is 1. The highest BCUT2D eigenvalue weighted by Gasteiger charge is 2.25. The summed E-state index contributed by atoms with van der Waals surface area (Å²) >= 11 is 3.62. The molecule has 1 fully saturated rings. The second-order valence-corrected chi connectivity index (χ2v) is 5.78. The summed E-state index contributed by atoms with van der Waals surface area (Å²) in [6.45, 7) is 4.71. The molecule has 1 unspecified atom stereocenters. The van der Waals surface area contributed by atoms with Crippen molar-refractivity contribution < 1.29 is 9.47 Å². The zero-order chi connectivity index (χ0) is 12.5. The first-order valence-electron chi connectivity index (χ1n) is 6.59. The fourth-order valence-electron chi connectivity index (χ4n) is 2.75. The van der Waals surface area contributed by atoms with E-state index < -0.39 is 0 Å². The molecule has 0 spiro atoms. The molecule has 3 rings (SSSR count). The van der Waals surface area contributed by atoms with Gasteiger partial charge in [-0.15, -0.1) is 0 Å². The van der Waals surface area contributed by atoms with Gasteiger partial charge in [-0.2, -0.15) is 0 Å². The third-order valence-electron chi connectivity index (χ3n) is 3.70. The van der Waals surface area contributed by atoms with E-state index in [1.165, 1.54) is 24.0 Å². The summed E-state index contributed by atoms with van der Waals surface area (Å²) in [7, 11) is 0. The molecule has 18 heavy (non-hydrogen) atoms. The van der Waals surface area contributed by atoms with Crippen molar-refractivity contribution in [3.8, 4) is 11.5 Å². The predicted molar refractivity (Wildman–Crippen MR) is 74.5 cm³/mol. The highest BCUT2D eigenvalue weighted by Crippen LogP contribution is 2.44. The SMILES string of the molecule is Cc1c(C2CCCN2)cc(Br)c2c1OCCCO2. The van der Waals surface area contributed by atoms with Gasteiger partial charge in [0, 0.05) is 12.5 Å². The van der Waals surface area contributed by atoms with Crippen molar-refractivity contribution in [2.24, 2.45) is 0 Å². The summed E-state index contributed by atoms with van der Waals surface area (Å²) in [6.07, 6.45) is 3.39. The van der Waals surface area contributed by atoms with Gasteiger partial charge in [0.1, 0.15) is 0 Å². The Morgan fingerprint density at radius 1 is 1.22 bits per heavy atom. The van der Waals surface area contributed by atoms with Crippen LogP contribution in [0.25, 0.3) is 0 Å². The van der Waals surface area contributed by atoms with Gasteiger partial charge >= 0.3 is 0 Å². The van der Waals surface area contributed by atoms with Crippen LogP contribution < -0.4 is 14.8 Å². The second-order valence-electron chi connectivity index (χ2n) is 4.93. The number of rotatable bonds is 1. The minimum absolute atomic E-state index is 0.457. The Labute approximate surface area is 116 Å². The van der Waals surface area contributed by atoms with Gasteiger partial charge in [-0.05, 0) is 59.4 Å². The van der Waals surface area contributed by atoms with Crippen molar-refractivity contribution in [3.05, 3.63) is 21.7 Å². The number of halogens is 1. The number of benzene rings is 1. The molecule has 2 aliphatic rings. The van der Waals surface area contributed by atoms with Crippen molar-refractivity contribution in [2.45, 2.75) is 32.2 Å². The molecule has 0 aliphatic carbocycles. The summed E-state index contributed by atoms with van der Waals surface area (Å²) in [5, 5.41) is 3.55. The van der Waals surface area contributed by atoms with Crippen LogP contribution in [0.2, 0.25) is 0 Å². The van der Waals surface area contributed by atoms with Gasteiger partial charge in [-0.3, -0.25) is 0 Å². The Balaban J connectivity index is 2.06. The van der Waals surface area contributed by atoms with Gasteiger partial charge in [0.25, 0.3) is 0 Å². The fourth-order valence-corrected chi connectivity index (χ4v) is 3.29. The highest BCUT2D eigenvalue weighted by molar-refractivity contribution is 9.10. The van der Waals surface area contributed by atoms with Crippen LogP contribution in [0.5, 0.6) is 11.5 Å². The van der Waals surface area contributed by atoms with Gasteiger partial charge in [-0.1, -0.05) is 0 Å². The van der Waals surface area contributed by atoms with E-state index in [2.05, 4.69) is 34.2 Å². The van der Waals surface area contributed by atoms with Crippen molar-refractivity contribution in [3.63, 3.8) is 0 Å². The van der Waals surface area contributed by atoms with Crippen LogP contribution >= 0.6 is 15.9 Å². The lowest BCUT2D eigenvalue weighted by Gasteiger charge is -2.19. The largest absolute Gasteiger partial charge is 0.489 e. The molecule has 3 nitrogen and oxygen atoms in total. The van der Waals surface area contributed by atoms with Gasteiger partial charge in [0.15, 0.2) is 11.5 Å². The van der Waals surface area contributed by atoms with Crippen LogP contribution in [0.3, 0.4) is 0 Å². The number of hydrogen-bond acceptors (Lipinski definition) is 3. The van der Waals surface area contributed by atoms with Crippen LogP contribution in [0.1, 0.15) is 36.4 Å². The van der Waals surface area contributed by atoms with Crippen molar-refractivity contribution in [1.82, 2.24) is 5.32 Å². The molecule has 1 saturated heterocycles. The minimum Gasteiger partial charge on any atom is -0.489 e. The summed E-state index contributed by atoms with van der Waals surface area (Å²) in [5.41, 5.74) is 2.55. The molecule has 1 aromatic carbocycles. The van der Waals surface area contributed by atoms with E-state index in [-0.39, 0.29) is 0 Å². The fraction of sp³-hybridized carbons (Fsp3) is 0.571. The van der Waals surface area contributed by atoms with E-state index in [1.54, 1.807) is 0 Å². The summed E-state index contributed by atoms with van der Waals surface area (Å²) in [5.74, 6) is 1.79. The van der Waals surface area contributed by atoms with Gasteiger partial charge in [0.05, 0.1) is 17.7 Å². The van der Waals surface area contributed by atoms with Crippen LogP contribution in [0.15, 0.2) is 10.5 Å². The summed E-state index contributed by atoms with van der Waals surface area (Å²) in [6, 6.07) is 2.64. The number of fused-ring (bicyclic) bond motifs is 1. The monoisotopic (exact) mass is 311 g/mol. The van der Waals surface area contributed by atoms with Gasteiger partial charge < -0.3 is 14.8 Å². The zero-order valence-electron chi connectivity index (χ0n) is 10.6. The minimum atomic E-state index is 0.457. The lowest BCUT2D eigenvalue weighted by molar-refractivity contribution is 0.296.